The standard InChI is InChI=1S/C24H30BrN3O5S2/c25-21-7-11-23(12-8-21)35(32,33)28-17-3-4-20(18-28)24(29)26-14-13-19-5-9-22(10-6-19)34(30,31)27-15-1-2-16-27/h5-12,20H,1-4,13-18H2,(H,26,29)/t20-/m1/s1. The van der Waals surface area contributed by atoms with Crippen molar-refractivity contribution in [2.75, 3.05) is 32.7 Å². The molecule has 0 spiro atoms. The molecule has 2 heterocycles. The lowest BCUT2D eigenvalue weighted by molar-refractivity contribution is -0.126. The Kier molecular flexibility index (Phi) is 8.32. The van der Waals surface area contributed by atoms with Gasteiger partial charge in [0.05, 0.1) is 15.7 Å². The van der Waals surface area contributed by atoms with Crippen LogP contribution in [0.3, 0.4) is 0 Å². The monoisotopic (exact) mass is 583 g/mol. The summed E-state index contributed by atoms with van der Waals surface area (Å²) in [6.45, 7) is 2.09. The van der Waals surface area contributed by atoms with Crippen LogP contribution in [0.15, 0.2) is 62.8 Å². The van der Waals surface area contributed by atoms with Crippen molar-refractivity contribution < 1.29 is 21.6 Å². The summed E-state index contributed by atoms with van der Waals surface area (Å²) in [5.74, 6) is -0.559. The van der Waals surface area contributed by atoms with Crippen LogP contribution in [0.1, 0.15) is 31.2 Å². The van der Waals surface area contributed by atoms with Crippen LogP contribution < -0.4 is 5.32 Å². The number of hydrogen-bond acceptors (Lipinski definition) is 5. The molecule has 1 amide bonds. The van der Waals surface area contributed by atoms with Crippen molar-refractivity contribution >= 4 is 41.9 Å². The highest BCUT2D eigenvalue weighted by Crippen LogP contribution is 2.25. The molecular formula is C24H30BrN3O5S2. The number of nitrogens with zero attached hydrogens (tertiary/aromatic N) is 2. The number of rotatable bonds is 8. The summed E-state index contributed by atoms with van der Waals surface area (Å²) in [6.07, 6.45) is 3.61. The molecule has 35 heavy (non-hydrogen) atoms. The molecule has 0 bridgehead atoms. The van der Waals surface area contributed by atoms with Gasteiger partial charge in [-0.1, -0.05) is 28.1 Å². The van der Waals surface area contributed by atoms with Gasteiger partial charge in [0, 0.05) is 37.2 Å². The van der Waals surface area contributed by atoms with Gasteiger partial charge in [0.25, 0.3) is 0 Å². The number of carbonyl (C=O) groups excluding carboxylic acids is 1. The fourth-order valence-electron chi connectivity index (χ4n) is 4.51. The van der Waals surface area contributed by atoms with Crippen LogP contribution in [0.4, 0.5) is 0 Å². The molecule has 11 heteroatoms. The molecule has 2 aromatic carbocycles. The maximum Gasteiger partial charge on any atom is 0.243 e. The second-order valence-electron chi connectivity index (χ2n) is 8.95. The molecule has 0 aromatic heterocycles. The van der Waals surface area contributed by atoms with E-state index in [4.69, 9.17) is 0 Å². The van der Waals surface area contributed by atoms with Crippen LogP contribution in [-0.4, -0.2) is 64.1 Å². The fourth-order valence-corrected chi connectivity index (χ4v) is 7.82. The van der Waals surface area contributed by atoms with Crippen LogP contribution in [0.2, 0.25) is 0 Å². The van der Waals surface area contributed by atoms with Crippen LogP contribution >= 0.6 is 15.9 Å². The van der Waals surface area contributed by atoms with Crippen LogP contribution in [-0.2, 0) is 31.3 Å². The van der Waals surface area contributed by atoms with Crippen LogP contribution in [0, 0.1) is 5.92 Å². The third kappa shape index (κ3) is 6.14. The molecule has 2 aliphatic heterocycles. The highest BCUT2D eigenvalue weighted by atomic mass is 79.9. The Morgan fingerprint density at radius 2 is 1.37 bits per heavy atom. The summed E-state index contributed by atoms with van der Waals surface area (Å²) in [5.41, 5.74) is 0.925. The summed E-state index contributed by atoms with van der Waals surface area (Å²) in [5, 5.41) is 2.92. The molecule has 1 N–H and O–H groups in total. The maximum atomic E-state index is 13.0. The first-order valence-corrected chi connectivity index (χ1v) is 15.5. The number of nitrogens with one attached hydrogen (secondary N) is 1. The first-order chi connectivity index (χ1) is 16.7. The number of piperidine rings is 1. The lowest BCUT2D eigenvalue weighted by Gasteiger charge is -2.31. The van der Waals surface area contributed by atoms with E-state index in [-0.39, 0.29) is 17.3 Å². The van der Waals surface area contributed by atoms with Crippen LogP contribution in [0.5, 0.6) is 0 Å². The quantitative estimate of drug-likeness (QED) is 0.514. The normalized spacial score (nSPS) is 20.1. The van der Waals surface area contributed by atoms with Gasteiger partial charge in [0.2, 0.25) is 26.0 Å². The number of benzene rings is 2. The minimum absolute atomic E-state index is 0.158. The van der Waals surface area contributed by atoms with E-state index < -0.39 is 26.0 Å². The average Bonchev–Trinajstić information content (AvgIpc) is 3.41. The van der Waals surface area contributed by atoms with E-state index in [0.717, 1.165) is 22.9 Å². The zero-order chi connectivity index (χ0) is 25.1. The van der Waals surface area contributed by atoms with Gasteiger partial charge in [-0.15, -0.1) is 0 Å². The smallest absolute Gasteiger partial charge is 0.243 e. The second-order valence-corrected chi connectivity index (χ2v) is 13.7. The van der Waals surface area contributed by atoms with E-state index in [1.807, 2.05) is 0 Å². The van der Waals surface area contributed by atoms with Crippen molar-refractivity contribution in [2.45, 2.75) is 41.9 Å². The minimum Gasteiger partial charge on any atom is -0.355 e. The molecule has 2 aliphatic rings. The summed E-state index contributed by atoms with van der Waals surface area (Å²) in [7, 11) is -7.09. The lowest BCUT2D eigenvalue weighted by atomic mass is 9.99. The number of halogens is 1. The van der Waals surface area contributed by atoms with E-state index in [0.29, 0.717) is 50.3 Å². The van der Waals surface area contributed by atoms with E-state index >= 15 is 0 Å². The zero-order valence-corrected chi connectivity index (χ0v) is 22.6. The van der Waals surface area contributed by atoms with E-state index in [9.17, 15) is 21.6 Å². The van der Waals surface area contributed by atoms with Crippen LogP contribution in [0.25, 0.3) is 0 Å². The highest BCUT2D eigenvalue weighted by molar-refractivity contribution is 9.10. The Morgan fingerprint density at radius 1 is 0.829 bits per heavy atom. The molecule has 1 atom stereocenters. The molecule has 190 valence electrons. The summed E-state index contributed by atoms with van der Waals surface area (Å²) >= 11 is 3.31. The van der Waals surface area contributed by atoms with Gasteiger partial charge in [0.15, 0.2) is 0 Å². The lowest BCUT2D eigenvalue weighted by Crippen LogP contribution is -2.45. The van der Waals surface area contributed by atoms with Crippen molar-refractivity contribution in [1.82, 2.24) is 13.9 Å². The van der Waals surface area contributed by atoms with Crippen molar-refractivity contribution in [3.05, 3.63) is 58.6 Å². The maximum absolute atomic E-state index is 13.0. The molecule has 0 radical (unpaired) electrons. The third-order valence-corrected chi connectivity index (χ3v) is 10.9. The number of sulfonamides is 2. The summed E-state index contributed by atoms with van der Waals surface area (Å²) < 4.78 is 55.0. The van der Waals surface area contributed by atoms with Crippen molar-refractivity contribution in [1.29, 1.82) is 0 Å². The van der Waals surface area contributed by atoms with Gasteiger partial charge in [-0.2, -0.15) is 8.61 Å². The molecule has 0 saturated carbocycles. The molecule has 2 fully saturated rings. The molecule has 8 nitrogen and oxygen atoms in total. The highest BCUT2D eigenvalue weighted by Gasteiger charge is 2.33. The molecular weight excluding hydrogens is 554 g/mol. The summed E-state index contributed by atoms with van der Waals surface area (Å²) in [4.78, 5) is 13.3. The van der Waals surface area contributed by atoms with Gasteiger partial charge >= 0.3 is 0 Å². The molecule has 0 unspecified atom stereocenters. The molecule has 4 rings (SSSR count). The Morgan fingerprint density at radius 3 is 2.00 bits per heavy atom. The Bertz CT molecular complexity index is 1240. The van der Waals surface area contributed by atoms with Gasteiger partial charge in [-0.05, 0) is 74.1 Å². The molecule has 2 saturated heterocycles. The van der Waals surface area contributed by atoms with Gasteiger partial charge in [0.1, 0.15) is 0 Å². The SMILES string of the molecule is O=C(NCCc1ccc(S(=O)(=O)N2CCCC2)cc1)[C@@H]1CCCN(S(=O)(=O)c2ccc(Br)cc2)C1. The van der Waals surface area contributed by atoms with Crippen molar-refractivity contribution in [3.63, 3.8) is 0 Å². The Hall–Kier alpha value is -1.79. The predicted octanol–water partition coefficient (Wildman–Crippen LogP) is 2.99. The van der Waals surface area contributed by atoms with Crippen molar-refractivity contribution in [3.8, 4) is 0 Å². The topological polar surface area (TPSA) is 104 Å². The van der Waals surface area contributed by atoms with Crippen molar-refractivity contribution in [2.24, 2.45) is 5.92 Å². The largest absolute Gasteiger partial charge is 0.355 e. The molecule has 2 aromatic rings. The van der Waals surface area contributed by atoms with E-state index in [1.54, 1.807) is 48.5 Å². The average molecular weight is 585 g/mol. The molecule has 0 aliphatic carbocycles. The first kappa shape index (κ1) is 26.3. The summed E-state index contributed by atoms with van der Waals surface area (Å²) in [6, 6.07) is 13.3. The minimum atomic E-state index is -3.65. The third-order valence-electron chi connectivity index (χ3n) is 6.55. The number of carbonyl (C=O) groups is 1. The van der Waals surface area contributed by atoms with E-state index in [2.05, 4.69) is 21.2 Å². The number of amides is 1. The Balaban J connectivity index is 1.29. The van der Waals surface area contributed by atoms with Gasteiger partial charge in [-0.3, -0.25) is 4.79 Å². The fraction of sp³-hybridized carbons (Fsp3) is 0.458. The van der Waals surface area contributed by atoms with Gasteiger partial charge < -0.3 is 5.32 Å². The number of hydrogen-bond donors (Lipinski definition) is 1. The predicted molar refractivity (Wildman–Crippen MR) is 137 cm³/mol. The Labute approximate surface area is 215 Å². The first-order valence-electron chi connectivity index (χ1n) is 11.8. The zero-order valence-electron chi connectivity index (χ0n) is 19.4. The second kappa shape index (κ2) is 11.1. The van der Waals surface area contributed by atoms with E-state index in [1.165, 1.54) is 8.61 Å². The van der Waals surface area contributed by atoms with Gasteiger partial charge in [-0.25, -0.2) is 16.8 Å².